The van der Waals surface area contributed by atoms with Gasteiger partial charge in [-0.15, -0.1) is 0 Å². The monoisotopic (exact) mass is 384 g/mol. The van der Waals surface area contributed by atoms with Crippen molar-refractivity contribution in [2.24, 2.45) is 0 Å². The second-order valence-corrected chi connectivity index (χ2v) is 7.15. The molecule has 6 nitrogen and oxygen atoms in total. The smallest absolute Gasteiger partial charge is 0.289 e. The number of carbonyl (C=O) groups is 1. The highest BCUT2D eigenvalue weighted by atomic mass is 16.3. The summed E-state index contributed by atoms with van der Waals surface area (Å²) in [6.07, 6.45) is 7.11. The lowest BCUT2D eigenvalue weighted by Crippen LogP contribution is -2.39. The number of benzene rings is 1. The molecule has 3 aromatic heterocycles. The maximum absolute atomic E-state index is 13.0. The Balaban J connectivity index is 1.51. The SMILES string of the molecule is O=C(c1ccco1)N1Cc2ccccc2[C@H](c2nccn2Cc2ccccn2)C1. The van der Waals surface area contributed by atoms with Crippen LogP contribution in [0.5, 0.6) is 0 Å². The van der Waals surface area contributed by atoms with Crippen molar-refractivity contribution in [3.8, 4) is 0 Å². The lowest BCUT2D eigenvalue weighted by molar-refractivity contribution is 0.0690. The van der Waals surface area contributed by atoms with Crippen LogP contribution in [-0.2, 0) is 13.1 Å². The molecule has 0 spiro atoms. The number of furan rings is 1. The number of imidazole rings is 1. The summed E-state index contributed by atoms with van der Waals surface area (Å²) in [6.45, 7) is 1.75. The van der Waals surface area contributed by atoms with Crippen LogP contribution in [0.15, 0.2) is 83.9 Å². The van der Waals surface area contributed by atoms with Crippen LogP contribution in [0.2, 0.25) is 0 Å². The molecule has 6 heteroatoms. The number of fused-ring (bicyclic) bond motifs is 1. The van der Waals surface area contributed by atoms with Crippen LogP contribution in [0, 0.1) is 0 Å². The van der Waals surface area contributed by atoms with Gasteiger partial charge in [-0.1, -0.05) is 30.3 Å². The quantitative estimate of drug-likeness (QED) is 0.538. The number of nitrogens with zero attached hydrogens (tertiary/aromatic N) is 4. The average Bonchev–Trinajstić information content (AvgIpc) is 3.45. The van der Waals surface area contributed by atoms with Crippen molar-refractivity contribution in [2.45, 2.75) is 19.0 Å². The van der Waals surface area contributed by atoms with Gasteiger partial charge in [-0.05, 0) is 35.4 Å². The molecule has 0 radical (unpaired) electrons. The lowest BCUT2D eigenvalue weighted by Gasteiger charge is -2.34. The zero-order valence-corrected chi connectivity index (χ0v) is 15.8. The molecule has 1 aliphatic heterocycles. The Kier molecular flexibility index (Phi) is 4.44. The first kappa shape index (κ1) is 17.4. The molecular weight excluding hydrogens is 364 g/mol. The van der Waals surface area contributed by atoms with Crippen molar-refractivity contribution >= 4 is 5.91 Å². The number of hydrogen-bond donors (Lipinski definition) is 0. The zero-order chi connectivity index (χ0) is 19.6. The van der Waals surface area contributed by atoms with Crippen molar-refractivity contribution in [1.82, 2.24) is 19.4 Å². The summed E-state index contributed by atoms with van der Waals surface area (Å²) in [7, 11) is 0. The topological polar surface area (TPSA) is 64.2 Å². The predicted octanol–water partition coefficient (Wildman–Crippen LogP) is 3.71. The van der Waals surface area contributed by atoms with Crippen molar-refractivity contribution in [1.29, 1.82) is 0 Å². The van der Waals surface area contributed by atoms with Gasteiger partial charge < -0.3 is 13.9 Å². The van der Waals surface area contributed by atoms with Crippen molar-refractivity contribution in [2.75, 3.05) is 6.54 Å². The molecule has 144 valence electrons. The molecule has 1 aromatic carbocycles. The van der Waals surface area contributed by atoms with Crippen LogP contribution < -0.4 is 0 Å². The minimum atomic E-state index is -0.0997. The molecule has 0 saturated carbocycles. The summed E-state index contributed by atoms with van der Waals surface area (Å²) in [6, 6.07) is 17.6. The van der Waals surface area contributed by atoms with Crippen LogP contribution in [-0.4, -0.2) is 31.9 Å². The molecule has 0 aliphatic carbocycles. The number of rotatable bonds is 4. The second kappa shape index (κ2) is 7.39. The molecule has 1 atom stereocenters. The summed E-state index contributed by atoms with van der Waals surface area (Å²) in [5.74, 6) is 1.18. The van der Waals surface area contributed by atoms with Gasteiger partial charge in [0.2, 0.25) is 0 Å². The Labute approximate surface area is 168 Å². The van der Waals surface area contributed by atoms with Gasteiger partial charge in [0.1, 0.15) is 5.82 Å². The molecule has 0 fully saturated rings. The molecule has 0 N–H and O–H groups in total. The fourth-order valence-corrected chi connectivity index (χ4v) is 3.97. The Hall–Kier alpha value is -3.67. The Bertz CT molecular complexity index is 1120. The Morgan fingerprint density at radius 3 is 2.76 bits per heavy atom. The number of carbonyl (C=O) groups excluding carboxylic acids is 1. The van der Waals surface area contributed by atoms with Gasteiger partial charge in [-0.25, -0.2) is 4.98 Å². The standard InChI is InChI=1S/C23H20N4O2/c28-23(21-9-5-13-29-21)27-14-17-6-1-2-8-19(17)20(16-27)22-25-11-12-26(22)15-18-7-3-4-10-24-18/h1-13,20H,14-16H2/t20-/m1/s1. The van der Waals surface area contributed by atoms with E-state index in [1.807, 2.05) is 47.6 Å². The van der Waals surface area contributed by atoms with Gasteiger partial charge in [-0.3, -0.25) is 9.78 Å². The highest BCUT2D eigenvalue weighted by Gasteiger charge is 2.32. The van der Waals surface area contributed by atoms with Crippen LogP contribution in [0.3, 0.4) is 0 Å². The van der Waals surface area contributed by atoms with Crippen molar-refractivity contribution in [3.63, 3.8) is 0 Å². The summed E-state index contributed by atoms with van der Waals surface area (Å²) >= 11 is 0. The first-order valence-corrected chi connectivity index (χ1v) is 9.61. The molecule has 0 unspecified atom stereocenters. The molecule has 0 saturated heterocycles. The van der Waals surface area contributed by atoms with Crippen LogP contribution in [0.25, 0.3) is 0 Å². The third-order valence-corrected chi connectivity index (χ3v) is 5.33. The molecule has 5 rings (SSSR count). The summed E-state index contributed by atoms with van der Waals surface area (Å²) in [5, 5.41) is 0. The van der Waals surface area contributed by atoms with E-state index < -0.39 is 0 Å². The van der Waals surface area contributed by atoms with Gasteiger partial charge in [0.15, 0.2) is 5.76 Å². The third-order valence-electron chi connectivity index (χ3n) is 5.33. The van der Waals surface area contributed by atoms with E-state index in [0.29, 0.717) is 25.4 Å². The van der Waals surface area contributed by atoms with Gasteiger partial charge in [0, 0.05) is 31.7 Å². The number of pyridine rings is 1. The van der Waals surface area contributed by atoms with E-state index in [4.69, 9.17) is 4.42 Å². The van der Waals surface area contributed by atoms with E-state index in [0.717, 1.165) is 17.1 Å². The van der Waals surface area contributed by atoms with E-state index in [1.54, 1.807) is 18.3 Å². The van der Waals surface area contributed by atoms with Crippen LogP contribution >= 0.6 is 0 Å². The molecule has 4 heterocycles. The number of hydrogen-bond acceptors (Lipinski definition) is 4. The molecule has 1 aliphatic rings. The zero-order valence-electron chi connectivity index (χ0n) is 15.8. The summed E-state index contributed by atoms with van der Waals surface area (Å²) in [5.41, 5.74) is 3.32. The lowest BCUT2D eigenvalue weighted by atomic mass is 9.89. The predicted molar refractivity (Wildman–Crippen MR) is 107 cm³/mol. The van der Waals surface area contributed by atoms with Gasteiger partial charge >= 0.3 is 0 Å². The van der Waals surface area contributed by atoms with E-state index in [2.05, 4.69) is 26.7 Å². The first-order chi connectivity index (χ1) is 14.3. The average molecular weight is 384 g/mol. The molecule has 29 heavy (non-hydrogen) atoms. The van der Waals surface area contributed by atoms with Gasteiger partial charge in [0.05, 0.1) is 24.4 Å². The minimum absolute atomic E-state index is 0.0161. The van der Waals surface area contributed by atoms with E-state index >= 15 is 0 Å². The largest absolute Gasteiger partial charge is 0.459 e. The number of aromatic nitrogens is 3. The van der Waals surface area contributed by atoms with E-state index in [1.165, 1.54) is 11.8 Å². The maximum atomic E-state index is 13.0. The maximum Gasteiger partial charge on any atom is 0.289 e. The Morgan fingerprint density at radius 2 is 1.93 bits per heavy atom. The Morgan fingerprint density at radius 1 is 1.03 bits per heavy atom. The minimum Gasteiger partial charge on any atom is -0.459 e. The van der Waals surface area contributed by atoms with E-state index in [9.17, 15) is 4.79 Å². The summed E-state index contributed by atoms with van der Waals surface area (Å²) < 4.78 is 7.46. The van der Waals surface area contributed by atoms with Gasteiger partial charge in [0.25, 0.3) is 5.91 Å². The van der Waals surface area contributed by atoms with Crippen molar-refractivity contribution < 1.29 is 9.21 Å². The number of amides is 1. The molecule has 1 amide bonds. The molecule has 4 aromatic rings. The van der Waals surface area contributed by atoms with Crippen molar-refractivity contribution in [3.05, 3.63) is 108 Å². The normalized spacial score (nSPS) is 15.9. The van der Waals surface area contributed by atoms with Gasteiger partial charge in [-0.2, -0.15) is 0 Å². The van der Waals surface area contributed by atoms with Crippen LogP contribution in [0.4, 0.5) is 0 Å². The third kappa shape index (κ3) is 3.33. The fraction of sp³-hybridized carbons (Fsp3) is 0.174. The fourth-order valence-electron chi connectivity index (χ4n) is 3.97. The highest BCUT2D eigenvalue weighted by Crippen LogP contribution is 2.33. The second-order valence-electron chi connectivity index (χ2n) is 7.15. The molecular formula is C23H20N4O2. The first-order valence-electron chi connectivity index (χ1n) is 9.61. The van der Waals surface area contributed by atoms with Crippen LogP contribution in [0.1, 0.15) is 39.1 Å². The van der Waals surface area contributed by atoms with E-state index in [-0.39, 0.29) is 11.8 Å². The summed E-state index contributed by atoms with van der Waals surface area (Å²) in [4.78, 5) is 23.9. The molecule has 0 bridgehead atoms. The highest BCUT2D eigenvalue weighted by molar-refractivity contribution is 5.91.